The highest BCUT2D eigenvalue weighted by Gasteiger charge is 2.62. The van der Waals surface area contributed by atoms with Gasteiger partial charge in [0.1, 0.15) is 11.9 Å². The first-order valence-electron chi connectivity index (χ1n) is 10.00. The SMILES string of the molecule is CC(OC(=O)Cl)[C@H]1CC[C@H]2[C@@H]3CCC4=CC(=O)C=C[C@]4(C)[C@H]3C(=O)C[C@]12C. The number of halogens is 1. The maximum absolute atomic E-state index is 13.4. The number of hydrogen-bond donors (Lipinski definition) is 0. The predicted octanol–water partition coefficient (Wildman–Crippen LogP) is 4.85. The van der Waals surface area contributed by atoms with Gasteiger partial charge in [-0.3, -0.25) is 9.59 Å². The van der Waals surface area contributed by atoms with Crippen molar-refractivity contribution in [2.45, 2.75) is 59.0 Å². The average molecular weight is 391 g/mol. The van der Waals surface area contributed by atoms with Crippen molar-refractivity contribution in [3.05, 3.63) is 23.8 Å². The number of rotatable bonds is 2. The van der Waals surface area contributed by atoms with Gasteiger partial charge in [-0.15, -0.1) is 0 Å². The minimum absolute atomic E-state index is 0.0340. The van der Waals surface area contributed by atoms with E-state index in [0.717, 1.165) is 31.3 Å². The molecule has 0 spiro atoms. The first-order valence-corrected chi connectivity index (χ1v) is 10.4. The van der Waals surface area contributed by atoms with Gasteiger partial charge in [-0.2, -0.15) is 0 Å². The summed E-state index contributed by atoms with van der Waals surface area (Å²) in [6, 6.07) is 0. The van der Waals surface area contributed by atoms with Gasteiger partial charge in [0.2, 0.25) is 0 Å². The molecule has 4 aliphatic rings. The molecule has 0 saturated heterocycles. The molecule has 3 saturated carbocycles. The summed E-state index contributed by atoms with van der Waals surface area (Å²) < 4.78 is 5.29. The summed E-state index contributed by atoms with van der Waals surface area (Å²) in [6.45, 7) is 6.23. The molecular weight excluding hydrogens is 364 g/mol. The van der Waals surface area contributed by atoms with E-state index in [1.165, 1.54) is 0 Å². The Kier molecular flexibility index (Phi) is 4.41. The number of carbonyl (C=O) groups is 3. The lowest BCUT2D eigenvalue weighted by Crippen LogP contribution is -2.55. The number of Topliss-reactive ketones (excluding diaryl/α,β-unsaturated/α-hetero) is 1. The second kappa shape index (κ2) is 6.30. The molecule has 0 aromatic heterocycles. The van der Waals surface area contributed by atoms with Gasteiger partial charge in [0.05, 0.1) is 0 Å². The molecule has 0 heterocycles. The molecular formula is C22H27ClO4. The number of fused-ring (bicyclic) bond motifs is 5. The molecule has 4 rings (SSSR count). The van der Waals surface area contributed by atoms with Crippen molar-refractivity contribution in [2.75, 3.05) is 0 Å². The zero-order valence-corrected chi connectivity index (χ0v) is 16.9. The van der Waals surface area contributed by atoms with Gasteiger partial charge in [0.15, 0.2) is 5.78 Å². The lowest BCUT2D eigenvalue weighted by Gasteiger charge is -2.56. The molecule has 0 aromatic carbocycles. The molecule has 3 fully saturated rings. The number of ketones is 2. The smallest absolute Gasteiger partial charge is 0.404 e. The third-order valence-corrected chi connectivity index (χ3v) is 8.26. The van der Waals surface area contributed by atoms with Gasteiger partial charge >= 0.3 is 5.43 Å². The van der Waals surface area contributed by atoms with Crippen LogP contribution in [0.3, 0.4) is 0 Å². The average Bonchev–Trinajstić information content (AvgIpc) is 2.91. The quantitative estimate of drug-likeness (QED) is 0.632. The lowest BCUT2D eigenvalue weighted by molar-refractivity contribution is -0.144. The third kappa shape index (κ3) is 2.74. The second-order valence-electron chi connectivity index (χ2n) is 9.37. The van der Waals surface area contributed by atoms with Crippen LogP contribution in [0.1, 0.15) is 52.9 Å². The van der Waals surface area contributed by atoms with Gasteiger partial charge < -0.3 is 4.74 Å². The predicted molar refractivity (Wildman–Crippen MR) is 102 cm³/mol. The first kappa shape index (κ1) is 18.9. The van der Waals surface area contributed by atoms with E-state index in [1.807, 2.05) is 13.0 Å². The van der Waals surface area contributed by atoms with Crippen LogP contribution in [0.25, 0.3) is 0 Å². The monoisotopic (exact) mass is 390 g/mol. The van der Waals surface area contributed by atoms with Crippen LogP contribution in [-0.4, -0.2) is 23.1 Å². The Labute approximate surface area is 165 Å². The third-order valence-electron chi connectivity index (χ3n) is 8.17. The molecule has 27 heavy (non-hydrogen) atoms. The van der Waals surface area contributed by atoms with Crippen LogP contribution < -0.4 is 0 Å². The van der Waals surface area contributed by atoms with Crippen molar-refractivity contribution in [1.82, 2.24) is 0 Å². The summed E-state index contributed by atoms with van der Waals surface area (Å²) in [7, 11) is 0. The molecule has 0 amide bonds. The van der Waals surface area contributed by atoms with E-state index in [9.17, 15) is 14.4 Å². The van der Waals surface area contributed by atoms with Crippen molar-refractivity contribution >= 4 is 28.6 Å². The maximum atomic E-state index is 13.4. The lowest BCUT2D eigenvalue weighted by atomic mass is 9.47. The molecule has 0 radical (unpaired) electrons. The molecule has 5 heteroatoms. The van der Waals surface area contributed by atoms with Crippen LogP contribution in [0.5, 0.6) is 0 Å². The zero-order chi connectivity index (χ0) is 19.6. The summed E-state index contributed by atoms with van der Waals surface area (Å²) in [5.74, 6) is 1.19. The van der Waals surface area contributed by atoms with E-state index in [0.29, 0.717) is 24.0 Å². The number of hydrogen-bond acceptors (Lipinski definition) is 4. The Morgan fingerprint density at radius 1 is 1.26 bits per heavy atom. The molecule has 0 aromatic rings. The molecule has 146 valence electrons. The molecule has 0 bridgehead atoms. The maximum Gasteiger partial charge on any atom is 0.404 e. The normalized spacial score (nSPS) is 44.1. The van der Waals surface area contributed by atoms with Crippen molar-refractivity contribution < 1.29 is 19.1 Å². The van der Waals surface area contributed by atoms with Crippen LogP contribution in [0.2, 0.25) is 0 Å². The number of carbonyl (C=O) groups excluding carboxylic acids is 3. The molecule has 4 aliphatic carbocycles. The Morgan fingerprint density at radius 3 is 2.70 bits per heavy atom. The fraction of sp³-hybridized carbons (Fsp3) is 0.682. The summed E-state index contributed by atoms with van der Waals surface area (Å²) in [4.78, 5) is 36.5. The molecule has 7 atom stereocenters. The molecule has 4 nitrogen and oxygen atoms in total. The van der Waals surface area contributed by atoms with Crippen LogP contribution in [0, 0.1) is 34.5 Å². The minimum Gasteiger partial charge on any atom is -0.450 e. The van der Waals surface area contributed by atoms with Crippen LogP contribution >= 0.6 is 11.6 Å². The van der Waals surface area contributed by atoms with Gasteiger partial charge in [-0.05, 0) is 62.0 Å². The Morgan fingerprint density at radius 2 is 2.00 bits per heavy atom. The van der Waals surface area contributed by atoms with Gasteiger partial charge in [-0.25, -0.2) is 4.79 Å². The van der Waals surface area contributed by atoms with E-state index >= 15 is 0 Å². The fourth-order valence-corrected chi connectivity index (χ4v) is 7.21. The van der Waals surface area contributed by atoms with E-state index < -0.39 is 5.43 Å². The highest BCUT2D eigenvalue weighted by molar-refractivity contribution is 6.61. The van der Waals surface area contributed by atoms with Crippen molar-refractivity contribution in [3.8, 4) is 0 Å². The minimum atomic E-state index is -0.772. The standard InChI is InChI=1S/C22H27ClO4/c1-12(27-20(23)26)16-6-7-17-15-5-4-13-10-14(24)8-9-21(13,2)19(15)18(25)11-22(16,17)3/h8-10,12,15-17,19H,4-7,11H2,1-3H3/t12?,15-,16+,17-,19+,21-,22+/m0/s1. The molecule has 0 aliphatic heterocycles. The Balaban J connectivity index is 1.67. The van der Waals surface area contributed by atoms with Crippen LogP contribution in [0.4, 0.5) is 4.79 Å². The number of allylic oxidation sites excluding steroid dienone is 4. The van der Waals surface area contributed by atoms with Crippen molar-refractivity contribution in [3.63, 3.8) is 0 Å². The van der Waals surface area contributed by atoms with Crippen molar-refractivity contribution in [1.29, 1.82) is 0 Å². The molecule has 0 N–H and O–H groups in total. The zero-order valence-electron chi connectivity index (χ0n) is 16.2. The largest absolute Gasteiger partial charge is 0.450 e. The van der Waals surface area contributed by atoms with Crippen molar-refractivity contribution in [2.24, 2.45) is 34.5 Å². The Hall–Kier alpha value is -1.42. The first-order chi connectivity index (χ1) is 12.7. The highest BCUT2D eigenvalue weighted by Crippen LogP contribution is 2.65. The summed E-state index contributed by atoms with van der Waals surface area (Å²) in [5.41, 5.74) is -0.143. The highest BCUT2D eigenvalue weighted by atomic mass is 35.5. The summed E-state index contributed by atoms with van der Waals surface area (Å²) in [5, 5.41) is 0. The summed E-state index contributed by atoms with van der Waals surface area (Å²) >= 11 is 5.45. The fourth-order valence-electron chi connectivity index (χ4n) is 7.07. The Bertz CT molecular complexity index is 768. The van der Waals surface area contributed by atoms with E-state index in [-0.39, 0.29) is 34.6 Å². The van der Waals surface area contributed by atoms with Gasteiger partial charge in [0, 0.05) is 35.3 Å². The van der Waals surface area contributed by atoms with E-state index in [1.54, 1.807) is 12.2 Å². The van der Waals surface area contributed by atoms with Gasteiger partial charge in [-0.1, -0.05) is 25.5 Å². The topological polar surface area (TPSA) is 60.4 Å². The number of ether oxygens (including phenoxy) is 1. The molecule has 1 unspecified atom stereocenters. The van der Waals surface area contributed by atoms with E-state index in [2.05, 4.69) is 13.8 Å². The second-order valence-corrected chi connectivity index (χ2v) is 9.68. The summed E-state index contributed by atoms with van der Waals surface area (Å²) in [6.07, 6.45) is 9.43. The van der Waals surface area contributed by atoms with Crippen LogP contribution in [0.15, 0.2) is 23.8 Å². The van der Waals surface area contributed by atoms with E-state index in [4.69, 9.17) is 16.3 Å². The van der Waals surface area contributed by atoms with Crippen LogP contribution in [-0.2, 0) is 14.3 Å². The van der Waals surface area contributed by atoms with Gasteiger partial charge in [0.25, 0.3) is 0 Å².